The largest absolute Gasteiger partial charge is 0.518 e. The molecule has 0 unspecified atom stereocenters. The topological polar surface area (TPSA) is 69.2 Å². The van der Waals surface area contributed by atoms with Crippen LogP contribution < -0.4 is 10.1 Å². The van der Waals surface area contributed by atoms with Crippen LogP contribution in [0.2, 0.25) is 0 Å². The fourth-order valence-corrected chi connectivity index (χ4v) is 1.44. The molecule has 0 spiro atoms. The summed E-state index contributed by atoms with van der Waals surface area (Å²) in [5, 5.41) is 1.40. The predicted molar refractivity (Wildman–Crippen MR) is 88.0 cm³/mol. The molecule has 0 radical (unpaired) electrons. The van der Waals surface area contributed by atoms with Crippen LogP contribution >= 0.6 is 22.6 Å². The number of ether oxygens (including phenoxy) is 2. The highest BCUT2D eigenvalue weighted by Gasteiger charge is 2.26. The third-order valence-corrected chi connectivity index (χ3v) is 2.71. The van der Waals surface area contributed by atoms with Gasteiger partial charge in [-0.2, -0.15) is 4.79 Å². The minimum absolute atomic E-state index is 0.313. The van der Waals surface area contributed by atoms with Crippen LogP contribution in [0.25, 0.3) is 0 Å². The predicted octanol–water partition coefficient (Wildman–Crippen LogP) is 2.94. The number of primary amides is 1. The Hall–Kier alpha value is -1.15. The van der Waals surface area contributed by atoms with E-state index in [0.29, 0.717) is 11.4 Å². The highest BCUT2D eigenvalue weighted by Crippen LogP contribution is 2.21. The van der Waals surface area contributed by atoms with Crippen molar-refractivity contribution >= 4 is 40.3 Å². The van der Waals surface area contributed by atoms with Crippen LogP contribution in [-0.4, -0.2) is 21.1 Å². The number of hydrogen-bond acceptors (Lipinski definition) is 4. The van der Waals surface area contributed by atoms with Gasteiger partial charge in [0.15, 0.2) is 0 Å². The molecule has 0 fully saturated rings. The van der Waals surface area contributed by atoms with Crippen molar-refractivity contribution in [3.05, 3.63) is 24.3 Å². The van der Waals surface area contributed by atoms with Crippen molar-refractivity contribution in [3.8, 4) is 5.75 Å². The summed E-state index contributed by atoms with van der Waals surface area (Å²) in [4.78, 5) is 23.4. The number of benzene rings is 1. The molecule has 1 aromatic carbocycles. The summed E-state index contributed by atoms with van der Waals surface area (Å²) in [6, 6.07) is 6.70. The van der Waals surface area contributed by atoms with Gasteiger partial charge in [0.25, 0.3) is 0 Å². The second-order valence-corrected chi connectivity index (χ2v) is 8.81. The summed E-state index contributed by atoms with van der Waals surface area (Å²) in [6.07, 6.45) is -0.402. The van der Waals surface area contributed by atoms with Gasteiger partial charge in [-0.3, -0.25) is 4.79 Å². The average molecular weight is 406 g/mol. The van der Waals surface area contributed by atoms with Crippen LogP contribution in [0, 0.1) is 0 Å². The Bertz CT molecular complexity index is 512. The van der Waals surface area contributed by atoms with Crippen LogP contribution in [0.3, 0.4) is 0 Å². The molecule has 0 aliphatic rings. The number of quaternary nitrogens is 1. The Morgan fingerprint density at radius 1 is 1.05 bits per heavy atom. The van der Waals surface area contributed by atoms with Crippen LogP contribution in [0.15, 0.2) is 24.3 Å². The van der Waals surface area contributed by atoms with E-state index in [1.807, 2.05) is 43.4 Å². The minimum Gasteiger partial charge on any atom is -0.426 e. The number of alkyl halides is 1. The second-order valence-electron chi connectivity index (χ2n) is 6.11. The summed E-state index contributed by atoms with van der Waals surface area (Å²) >= 11 is 2.02. The van der Waals surface area contributed by atoms with Crippen molar-refractivity contribution in [1.29, 1.82) is 0 Å². The Labute approximate surface area is 138 Å². The number of nitrogens with two attached hydrogens (primary N) is 1. The van der Waals surface area contributed by atoms with Crippen molar-refractivity contribution in [2.24, 2.45) is 0 Å². The van der Waals surface area contributed by atoms with Gasteiger partial charge in [-0.25, -0.2) is 5.32 Å². The number of rotatable bonds is 3. The van der Waals surface area contributed by atoms with Gasteiger partial charge in [-0.15, -0.1) is 0 Å². The lowest BCUT2D eigenvalue weighted by atomic mass is 10.2. The molecule has 0 saturated carbocycles. The van der Waals surface area contributed by atoms with Crippen LogP contribution in [0.4, 0.5) is 10.5 Å². The van der Waals surface area contributed by atoms with E-state index in [4.69, 9.17) is 9.47 Å². The van der Waals surface area contributed by atoms with Gasteiger partial charge in [-0.05, 0) is 46.8 Å². The van der Waals surface area contributed by atoms with E-state index < -0.39 is 15.1 Å². The first-order valence-electron chi connectivity index (χ1n) is 6.56. The lowest BCUT2D eigenvalue weighted by molar-refractivity contribution is -0.486. The first-order chi connectivity index (χ1) is 9.47. The molecule has 0 heterocycles. The number of esters is 1. The molecule has 1 rings (SSSR count). The highest BCUT2D eigenvalue weighted by molar-refractivity contribution is 14.1. The van der Waals surface area contributed by atoms with E-state index in [1.54, 1.807) is 38.1 Å². The zero-order valence-electron chi connectivity index (χ0n) is 12.9. The van der Waals surface area contributed by atoms with Gasteiger partial charge in [0.1, 0.15) is 20.5 Å². The highest BCUT2D eigenvalue weighted by atomic mass is 127. The molecule has 0 bridgehead atoms. The molecule has 5 nitrogen and oxygen atoms in total. The maximum Gasteiger partial charge on any atom is 0.518 e. The van der Waals surface area contributed by atoms with Crippen molar-refractivity contribution in [2.75, 3.05) is 0 Å². The molecular weight excluding hydrogens is 385 g/mol. The van der Waals surface area contributed by atoms with Gasteiger partial charge in [-0.1, -0.05) is 22.6 Å². The summed E-state index contributed by atoms with van der Waals surface area (Å²) in [5.41, 5.74) is 0.173. The zero-order chi connectivity index (χ0) is 16.3. The molecule has 0 aliphatic heterocycles. The average Bonchev–Trinajstić information content (AvgIpc) is 2.27. The number of halogens is 1. The van der Waals surface area contributed by atoms with Crippen molar-refractivity contribution < 1.29 is 24.4 Å². The Morgan fingerprint density at radius 3 is 2.00 bits per heavy atom. The third-order valence-electron chi connectivity index (χ3n) is 2.27. The summed E-state index contributed by atoms with van der Waals surface area (Å²) < 4.78 is 9.86. The summed E-state index contributed by atoms with van der Waals surface area (Å²) in [7, 11) is 0. The van der Waals surface area contributed by atoms with Crippen molar-refractivity contribution in [3.63, 3.8) is 0 Å². The van der Waals surface area contributed by atoms with E-state index in [1.165, 1.54) is 5.32 Å². The fourth-order valence-electron chi connectivity index (χ4n) is 1.33. The molecule has 116 valence electrons. The molecule has 6 heteroatoms. The lowest BCUT2D eigenvalue weighted by Crippen LogP contribution is -2.83. The van der Waals surface area contributed by atoms with E-state index in [9.17, 15) is 9.59 Å². The lowest BCUT2D eigenvalue weighted by Gasteiger charge is -2.17. The number of carbonyl (C=O) groups is 2. The monoisotopic (exact) mass is 406 g/mol. The minimum atomic E-state index is -0.584. The molecule has 0 atom stereocenters. The van der Waals surface area contributed by atoms with Gasteiger partial charge in [0, 0.05) is 12.1 Å². The van der Waals surface area contributed by atoms with Crippen LogP contribution in [-0.2, 0) is 9.53 Å². The van der Waals surface area contributed by atoms with E-state index in [2.05, 4.69) is 0 Å². The molecule has 2 N–H and O–H groups in total. The maximum atomic E-state index is 11.7. The van der Waals surface area contributed by atoms with Crippen molar-refractivity contribution in [1.82, 2.24) is 0 Å². The van der Waals surface area contributed by atoms with E-state index >= 15 is 0 Å². The van der Waals surface area contributed by atoms with Crippen molar-refractivity contribution in [2.45, 2.75) is 43.6 Å². The first-order valence-corrected chi connectivity index (χ1v) is 7.64. The third kappa shape index (κ3) is 6.90. The van der Waals surface area contributed by atoms with Gasteiger partial charge < -0.3 is 9.47 Å². The fraction of sp³-hybridized carbons (Fsp3) is 0.467. The second kappa shape index (κ2) is 6.74. The van der Waals surface area contributed by atoms with Gasteiger partial charge in [0.2, 0.25) is 0 Å². The van der Waals surface area contributed by atoms with Crippen LogP contribution in [0.5, 0.6) is 5.75 Å². The van der Waals surface area contributed by atoms with Crippen LogP contribution in [0.1, 0.15) is 34.6 Å². The molecule has 0 aromatic heterocycles. The smallest absolute Gasteiger partial charge is 0.426 e. The Morgan fingerprint density at radius 2 is 1.57 bits per heavy atom. The number of hydrogen-bond donors (Lipinski definition) is 1. The summed E-state index contributed by atoms with van der Waals surface area (Å²) in [6.45, 7) is 8.99. The number of amides is 1. The van der Waals surface area contributed by atoms with Gasteiger partial charge >= 0.3 is 12.1 Å². The normalized spacial score (nSPS) is 11.9. The molecule has 0 aliphatic carbocycles. The molecule has 0 saturated heterocycles. The SMILES string of the molecule is CC(C)(C)OC(=O)[NH2+]c1ccc(OC(=O)C(C)(C)I)cc1. The summed E-state index contributed by atoms with van der Waals surface area (Å²) in [5.74, 6) is 0.137. The van der Waals surface area contributed by atoms with E-state index in [0.717, 1.165) is 0 Å². The molecule has 1 aromatic rings. The quantitative estimate of drug-likeness (QED) is 0.276. The standard InChI is InChI=1S/C15H20INO4/c1-14(2,3)21-13(19)17-10-6-8-11(9-7-10)20-12(18)15(4,5)16/h6-9H,1-5H3,(H,17,19)/p+1. The zero-order valence-corrected chi connectivity index (χ0v) is 15.1. The Balaban J connectivity index is 2.63. The first kappa shape index (κ1) is 17.9. The molecular formula is C15H21INO4+. The molecule has 1 amide bonds. The number of carbonyl (C=O) groups excluding carboxylic acids is 2. The van der Waals surface area contributed by atoms with E-state index in [-0.39, 0.29) is 5.97 Å². The molecule has 21 heavy (non-hydrogen) atoms. The Kier molecular flexibility index (Phi) is 5.75. The maximum absolute atomic E-state index is 11.7. The van der Waals surface area contributed by atoms with Gasteiger partial charge in [0.05, 0.1) is 0 Å².